The number of nitrogens with one attached hydrogen (secondary N) is 2. The lowest BCUT2D eigenvalue weighted by molar-refractivity contribution is -0.136. The van der Waals surface area contributed by atoms with Gasteiger partial charge in [0.1, 0.15) is 11.5 Å². The molecule has 2 heterocycles. The predicted molar refractivity (Wildman–Crippen MR) is 156 cm³/mol. The number of rotatable bonds is 8. The average molecular weight is 636 g/mol. The van der Waals surface area contributed by atoms with Gasteiger partial charge >= 0.3 is 23.8 Å². The minimum atomic E-state index is -0.916. The number of esters is 2. The number of allylic oxidation sites excluding steroid dienone is 1. The van der Waals surface area contributed by atoms with Crippen molar-refractivity contribution >= 4 is 63.0 Å². The van der Waals surface area contributed by atoms with Gasteiger partial charge in [0.15, 0.2) is 0 Å². The number of nitrogens with zero attached hydrogens (tertiary/aromatic N) is 1. The van der Waals surface area contributed by atoms with Gasteiger partial charge in [-0.05, 0) is 74.5 Å². The summed E-state index contributed by atoms with van der Waals surface area (Å²) in [5.74, 6) is -2.89. The van der Waals surface area contributed by atoms with E-state index in [2.05, 4.69) is 26.6 Å². The van der Waals surface area contributed by atoms with E-state index < -0.39 is 29.7 Å². The molecule has 11 nitrogen and oxygen atoms in total. The minimum Gasteiger partial charge on any atom is -0.465 e. The predicted octanol–water partition coefficient (Wildman–Crippen LogP) is 4.35. The Labute approximate surface area is 249 Å². The summed E-state index contributed by atoms with van der Waals surface area (Å²) >= 11 is 3.40. The number of benzene rings is 2. The van der Waals surface area contributed by atoms with Gasteiger partial charge in [0.25, 0.3) is 5.91 Å². The van der Waals surface area contributed by atoms with Gasteiger partial charge in [0.2, 0.25) is 0 Å². The Morgan fingerprint density at radius 3 is 2.40 bits per heavy atom. The summed E-state index contributed by atoms with van der Waals surface area (Å²) in [5, 5.41) is 4.90. The maximum absolute atomic E-state index is 13.4. The molecule has 4 rings (SSSR count). The Morgan fingerprint density at radius 1 is 1.00 bits per heavy atom. The molecule has 1 aliphatic rings. The smallest absolute Gasteiger partial charge is 0.340 e. The first-order chi connectivity index (χ1) is 20.1. The lowest BCUT2D eigenvalue weighted by Crippen LogP contribution is -2.34. The Bertz CT molecular complexity index is 1620. The normalized spacial score (nSPS) is 13.8. The lowest BCUT2D eigenvalue weighted by atomic mass is 10.1. The highest BCUT2D eigenvalue weighted by Gasteiger charge is 2.38. The van der Waals surface area contributed by atoms with Gasteiger partial charge in [0, 0.05) is 15.9 Å². The van der Waals surface area contributed by atoms with Crippen molar-refractivity contribution in [3.63, 3.8) is 0 Å². The van der Waals surface area contributed by atoms with Crippen LogP contribution in [0.2, 0.25) is 0 Å². The quantitative estimate of drug-likeness (QED) is 0.211. The summed E-state index contributed by atoms with van der Waals surface area (Å²) < 4.78 is 16.3. The molecule has 1 aromatic heterocycles. The molecule has 0 saturated heterocycles. The first kappa shape index (κ1) is 30.0. The largest absolute Gasteiger partial charge is 0.465 e. The Balaban J connectivity index is 1.43. The molecule has 1 aliphatic heterocycles. The molecule has 12 heteroatoms. The second-order valence-electron chi connectivity index (χ2n) is 8.87. The topological polar surface area (TPSA) is 144 Å². The van der Waals surface area contributed by atoms with E-state index >= 15 is 0 Å². The molecule has 3 amide bonds. The fourth-order valence-corrected chi connectivity index (χ4v) is 4.54. The first-order valence-electron chi connectivity index (χ1n) is 12.7. The van der Waals surface area contributed by atoms with E-state index in [1.54, 1.807) is 44.2 Å². The van der Waals surface area contributed by atoms with Crippen molar-refractivity contribution in [3.8, 4) is 0 Å². The van der Waals surface area contributed by atoms with E-state index in [1.807, 2.05) is 6.07 Å². The molecular weight excluding hydrogens is 610 g/mol. The summed E-state index contributed by atoms with van der Waals surface area (Å²) in [6.07, 6.45) is 1.42. The zero-order valence-electron chi connectivity index (χ0n) is 22.9. The number of hydrogen-bond acceptors (Lipinski definition) is 8. The molecule has 2 N–H and O–H groups in total. The van der Waals surface area contributed by atoms with Crippen molar-refractivity contribution in [2.45, 2.75) is 20.4 Å². The zero-order valence-corrected chi connectivity index (χ0v) is 24.4. The second-order valence-corrected chi connectivity index (χ2v) is 9.78. The Hall–Kier alpha value is -4.97. The molecule has 2 aromatic carbocycles. The fraction of sp³-hybridized carbons (Fsp3) is 0.167. The molecule has 0 radical (unpaired) electrons. The van der Waals surface area contributed by atoms with Gasteiger partial charge in [-0.3, -0.25) is 19.3 Å². The van der Waals surface area contributed by atoms with Crippen LogP contribution >= 0.6 is 15.9 Å². The van der Waals surface area contributed by atoms with Crippen molar-refractivity contribution in [3.05, 3.63) is 99.1 Å². The van der Waals surface area contributed by atoms with E-state index in [0.717, 1.165) is 4.47 Å². The maximum Gasteiger partial charge on any atom is 0.340 e. The van der Waals surface area contributed by atoms with Gasteiger partial charge in [-0.2, -0.15) is 0 Å². The number of methoxy groups -OCH3 is 1. The van der Waals surface area contributed by atoms with Crippen LogP contribution in [0.4, 0.5) is 11.4 Å². The number of amides is 3. The number of furan rings is 1. The van der Waals surface area contributed by atoms with Gasteiger partial charge in [-0.15, -0.1) is 0 Å². The van der Waals surface area contributed by atoms with Crippen LogP contribution in [0.3, 0.4) is 0 Å². The van der Waals surface area contributed by atoms with Crippen LogP contribution in [-0.2, 0) is 35.2 Å². The van der Waals surface area contributed by atoms with Crippen molar-refractivity contribution in [2.75, 3.05) is 23.9 Å². The summed E-state index contributed by atoms with van der Waals surface area (Å²) in [4.78, 5) is 63.8. The number of anilines is 2. The number of carbonyl (C=O) groups excluding carboxylic acids is 5. The fourth-order valence-electron chi connectivity index (χ4n) is 4.16. The van der Waals surface area contributed by atoms with E-state index in [1.165, 1.54) is 42.4 Å². The molecule has 0 aliphatic carbocycles. The lowest BCUT2D eigenvalue weighted by Gasteiger charge is -2.18. The Kier molecular flexibility index (Phi) is 9.38. The standard InChI is InChI=1S/C30H26BrN3O8/c1-4-41-29(38)18-8-10-20(11-9-18)33-27(36)26(35)32-16-23-13-12-22(42-23)15-24-25(30(39)40-3)17(2)34(28(24)37)21-7-5-6-19(31)14-21/h5-15H,4,16H2,1-3H3,(H,32,35)(H,33,36)/b24-15+. The van der Waals surface area contributed by atoms with E-state index in [0.29, 0.717) is 28.4 Å². The van der Waals surface area contributed by atoms with Gasteiger partial charge in [-0.1, -0.05) is 22.0 Å². The third-order valence-corrected chi connectivity index (χ3v) is 6.60. The number of ether oxygens (including phenoxy) is 2. The van der Waals surface area contributed by atoms with Crippen LogP contribution in [0.15, 0.2) is 86.4 Å². The van der Waals surface area contributed by atoms with Gasteiger partial charge in [0.05, 0.1) is 42.7 Å². The van der Waals surface area contributed by atoms with E-state index in [9.17, 15) is 24.0 Å². The molecule has 0 spiro atoms. The molecule has 0 atom stereocenters. The monoisotopic (exact) mass is 635 g/mol. The molecule has 0 fully saturated rings. The van der Waals surface area contributed by atoms with Crippen LogP contribution in [0, 0.1) is 0 Å². The van der Waals surface area contributed by atoms with Crippen LogP contribution in [0.1, 0.15) is 35.7 Å². The zero-order chi connectivity index (χ0) is 30.4. The highest BCUT2D eigenvalue weighted by Crippen LogP contribution is 2.36. The summed E-state index contributed by atoms with van der Waals surface area (Å²) in [5.41, 5.74) is 1.77. The average Bonchev–Trinajstić information content (AvgIpc) is 3.52. The third kappa shape index (κ3) is 6.66. The van der Waals surface area contributed by atoms with Crippen molar-refractivity contribution in [2.24, 2.45) is 0 Å². The molecule has 42 heavy (non-hydrogen) atoms. The summed E-state index contributed by atoms with van der Waals surface area (Å²) in [6.45, 7) is 3.46. The summed E-state index contributed by atoms with van der Waals surface area (Å²) in [7, 11) is 1.23. The third-order valence-electron chi connectivity index (χ3n) is 6.11. The molecule has 0 unspecified atom stereocenters. The first-order valence-corrected chi connectivity index (χ1v) is 13.5. The van der Waals surface area contributed by atoms with Crippen LogP contribution < -0.4 is 15.5 Å². The number of carbonyl (C=O) groups is 5. The highest BCUT2D eigenvalue weighted by molar-refractivity contribution is 9.10. The van der Waals surface area contributed by atoms with Gasteiger partial charge in [-0.25, -0.2) is 9.59 Å². The minimum absolute atomic E-state index is 0.0811. The molecule has 216 valence electrons. The summed E-state index contributed by atoms with van der Waals surface area (Å²) in [6, 6.07) is 16.1. The molecule has 0 saturated carbocycles. The molecular formula is C30H26BrN3O8. The van der Waals surface area contributed by atoms with Crippen LogP contribution in [-0.4, -0.2) is 43.4 Å². The van der Waals surface area contributed by atoms with Crippen molar-refractivity contribution in [1.82, 2.24) is 5.32 Å². The second kappa shape index (κ2) is 13.1. The molecule has 3 aromatic rings. The number of hydrogen-bond donors (Lipinski definition) is 2. The van der Waals surface area contributed by atoms with E-state index in [4.69, 9.17) is 13.9 Å². The highest BCUT2D eigenvalue weighted by atomic mass is 79.9. The molecule has 0 bridgehead atoms. The SMILES string of the molecule is CCOC(=O)c1ccc(NC(=O)C(=O)NCc2ccc(/C=C3/C(=O)N(c4cccc(Br)c4)C(C)=C3C(=O)OC)o2)cc1. The van der Waals surface area contributed by atoms with Crippen molar-refractivity contribution < 1.29 is 37.9 Å². The maximum atomic E-state index is 13.4. The van der Waals surface area contributed by atoms with Gasteiger partial charge < -0.3 is 24.5 Å². The Morgan fingerprint density at radius 2 is 1.74 bits per heavy atom. The number of halogens is 1. The van der Waals surface area contributed by atoms with Crippen molar-refractivity contribution in [1.29, 1.82) is 0 Å². The van der Waals surface area contributed by atoms with Crippen LogP contribution in [0.5, 0.6) is 0 Å². The van der Waals surface area contributed by atoms with E-state index in [-0.39, 0.29) is 30.1 Å². The van der Waals surface area contributed by atoms with Crippen LogP contribution in [0.25, 0.3) is 6.08 Å².